The predicted molar refractivity (Wildman–Crippen MR) is 97.2 cm³/mol. The summed E-state index contributed by atoms with van der Waals surface area (Å²) in [5.74, 6) is 1.92. The second-order valence-corrected chi connectivity index (χ2v) is 6.59. The number of nitrogens with zero attached hydrogens (tertiary/aromatic N) is 3. The number of carbonyl (C=O) groups excluding carboxylic acids is 1. The lowest BCUT2D eigenvalue weighted by atomic mass is 10.1. The molecule has 2 fully saturated rings. The molecule has 1 aliphatic carbocycles. The molecule has 5 nitrogen and oxygen atoms in total. The van der Waals surface area contributed by atoms with E-state index in [9.17, 15) is 4.79 Å². The highest BCUT2D eigenvalue weighted by molar-refractivity contribution is 5.93. The van der Waals surface area contributed by atoms with Crippen molar-refractivity contribution in [3.8, 4) is 0 Å². The largest absolute Gasteiger partial charge is 0.462 e. The van der Waals surface area contributed by atoms with Crippen LogP contribution in [0.1, 0.15) is 35.0 Å². The Morgan fingerprint density at radius 3 is 2.72 bits per heavy atom. The van der Waals surface area contributed by atoms with Gasteiger partial charge in [-0.2, -0.15) is 0 Å². The van der Waals surface area contributed by atoms with Gasteiger partial charge in [0, 0.05) is 19.3 Å². The summed E-state index contributed by atoms with van der Waals surface area (Å²) in [6, 6.07) is 9.96. The summed E-state index contributed by atoms with van der Waals surface area (Å²) in [6.07, 6.45) is 6.74. The molecule has 1 aromatic carbocycles. The first kappa shape index (κ1) is 15.8. The Balaban J connectivity index is 1.64. The van der Waals surface area contributed by atoms with Crippen molar-refractivity contribution in [3.05, 3.63) is 53.3 Å². The van der Waals surface area contributed by atoms with Crippen molar-refractivity contribution in [3.63, 3.8) is 0 Å². The number of aromatic nitrogens is 2. The minimum atomic E-state index is -0.383. The van der Waals surface area contributed by atoms with E-state index in [1.807, 2.05) is 42.5 Å². The Morgan fingerprint density at radius 2 is 2.00 bits per heavy atom. The monoisotopic (exact) mass is 335 g/mol. The molecule has 1 aromatic heterocycles. The fourth-order valence-electron chi connectivity index (χ4n) is 3.33. The Kier molecular flexibility index (Phi) is 4.22. The van der Waals surface area contributed by atoms with Crippen molar-refractivity contribution < 1.29 is 9.53 Å². The summed E-state index contributed by atoms with van der Waals surface area (Å²) in [4.78, 5) is 23.5. The molecule has 2 atom stereocenters. The molecule has 1 aliphatic heterocycles. The van der Waals surface area contributed by atoms with Crippen LogP contribution < -0.4 is 4.90 Å². The van der Waals surface area contributed by atoms with Crippen LogP contribution in [0.25, 0.3) is 12.2 Å². The molecular weight excluding hydrogens is 314 g/mol. The average Bonchev–Trinajstić information content (AvgIpc) is 3.26. The first-order valence-corrected chi connectivity index (χ1v) is 8.77. The van der Waals surface area contributed by atoms with Crippen molar-refractivity contribution in [1.82, 2.24) is 9.97 Å². The van der Waals surface area contributed by atoms with E-state index >= 15 is 0 Å². The molecule has 0 amide bonds. The molecule has 1 saturated heterocycles. The van der Waals surface area contributed by atoms with Crippen LogP contribution in [0.5, 0.6) is 0 Å². The quantitative estimate of drug-likeness (QED) is 0.785. The second kappa shape index (κ2) is 6.67. The third-order valence-electron chi connectivity index (χ3n) is 4.80. The van der Waals surface area contributed by atoms with Gasteiger partial charge in [-0.15, -0.1) is 0 Å². The number of fused-ring (bicyclic) bond motifs is 1. The number of hydrogen-bond acceptors (Lipinski definition) is 5. The zero-order valence-corrected chi connectivity index (χ0v) is 14.3. The van der Waals surface area contributed by atoms with Crippen LogP contribution in [0.3, 0.4) is 0 Å². The lowest BCUT2D eigenvalue weighted by Crippen LogP contribution is -2.25. The van der Waals surface area contributed by atoms with Crippen molar-refractivity contribution in [1.29, 1.82) is 0 Å². The molecule has 2 heterocycles. The molecule has 0 N–H and O–H groups in total. The zero-order chi connectivity index (χ0) is 17.2. The number of carbonyl (C=O) groups is 1. The highest BCUT2D eigenvalue weighted by Crippen LogP contribution is 2.45. The van der Waals surface area contributed by atoms with Gasteiger partial charge in [-0.1, -0.05) is 36.4 Å². The molecule has 25 heavy (non-hydrogen) atoms. The minimum Gasteiger partial charge on any atom is -0.462 e. The van der Waals surface area contributed by atoms with Crippen LogP contribution in [0, 0.1) is 11.8 Å². The van der Waals surface area contributed by atoms with Crippen LogP contribution in [0.4, 0.5) is 5.95 Å². The molecule has 0 spiro atoms. The fourth-order valence-corrected chi connectivity index (χ4v) is 3.33. The number of rotatable bonds is 5. The van der Waals surface area contributed by atoms with Crippen LogP contribution in [0.2, 0.25) is 0 Å². The molecule has 128 valence electrons. The molecule has 1 saturated carbocycles. The van der Waals surface area contributed by atoms with E-state index in [1.54, 1.807) is 13.1 Å². The van der Waals surface area contributed by atoms with Gasteiger partial charge in [-0.25, -0.2) is 14.8 Å². The van der Waals surface area contributed by atoms with E-state index < -0.39 is 0 Å². The van der Waals surface area contributed by atoms with Gasteiger partial charge >= 0.3 is 5.97 Å². The van der Waals surface area contributed by atoms with E-state index in [-0.39, 0.29) is 5.97 Å². The van der Waals surface area contributed by atoms with E-state index in [1.165, 1.54) is 6.42 Å². The van der Waals surface area contributed by atoms with Gasteiger partial charge in [-0.3, -0.25) is 0 Å². The van der Waals surface area contributed by atoms with Crippen molar-refractivity contribution >= 4 is 24.1 Å². The smallest absolute Gasteiger partial charge is 0.341 e. The van der Waals surface area contributed by atoms with Crippen LogP contribution in [-0.2, 0) is 4.74 Å². The van der Waals surface area contributed by atoms with Crippen molar-refractivity contribution in [2.45, 2.75) is 13.3 Å². The summed E-state index contributed by atoms with van der Waals surface area (Å²) in [5, 5.41) is 0. The zero-order valence-electron chi connectivity index (χ0n) is 14.3. The third kappa shape index (κ3) is 3.40. The maximum Gasteiger partial charge on any atom is 0.341 e. The van der Waals surface area contributed by atoms with Gasteiger partial charge in [0.2, 0.25) is 5.95 Å². The average molecular weight is 335 g/mol. The lowest BCUT2D eigenvalue weighted by molar-refractivity contribution is 0.0525. The van der Waals surface area contributed by atoms with Gasteiger partial charge in [0.25, 0.3) is 0 Å². The summed E-state index contributed by atoms with van der Waals surface area (Å²) in [5.41, 5.74) is 2.06. The normalized spacial score (nSPS) is 21.4. The molecule has 2 aromatic rings. The maximum atomic E-state index is 12.2. The molecule has 0 bridgehead atoms. The van der Waals surface area contributed by atoms with Crippen LogP contribution in [0.15, 0.2) is 36.5 Å². The fraction of sp³-hybridized carbons (Fsp3) is 0.350. The maximum absolute atomic E-state index is 12.2. The Morgan fingerprint density at radius 1 is 1.24 bits per heavy atom. The van der Waals surface area contributed by atoms with Gasteiger partial charge in [0.15, 0.2) is 0 Å². The Labute approximate surface area is 147 Å². The van der Waals surface area contributed by atoms with E-state index in [4.69, 9.17) is 4.74 Å². The van der Waals surface area contributed by atoms with Gasteiger partial charge in [-0.05, 0) is 36.8 Å². The van der Waals surface area contributed by atoms with Crippen LogP contribution >= 0.6 is 0 Å². The lowest BCUT2D eigenvalue weighted by Gasteiger charge is -2.18. The van der Waals surface area contributed by atoms with Gasteiger partial charge < -0.3 is 9.64 Å². The molecule has 5 heteroatoms. The first-order valence-electron chi connectivity index (χ1n) is 8.77. The van der Waals surface area contributed by atoms with E-state index in [0.717, 1.165) is 30.5 Å². The molecule has 4 rings (SSSR count). The summed E-state index contributed by atoms with van der Waals surface area (Å²) in [7, 11) is 0. The third-order valence-corrected chi connectivity index (χ3v) is 4.80. The summed E-state index contributed by atoms with van der Waals surface area (Å²) < 4.78 is 5.14. The predicted octanol–water partition coefficient (Wildman–Crippen LogP) is 3.28. The standard InChI is InChI=1S/C20H21N3O2/c1-2-25-19(24)17-11-21-20(23-12-15-10-16(15)13-23)22-18(17)9-8-14-6-4-3-5-7-14/h3-9,11,15-16H,2,10,12-13H2,1H3/b9-8+. The molecular formula is C20H21N3O2. The molecule has 0 radical (unpaired) electrons. The molecule has 2 aliphatic rings. The number of esters is 1. The second-order valence-electron chi connectivity index (χ2n) is 6.59. The van der Waals surface area contributed by atoms with Crippen LogP contribution in [-0.4, -0.2) is 35.6 Å². The number of benzene rings is 1. The van der Waals surface area contributed by atoms with E-state index in [0.29, 0.717) is 23.8 Å². The van der Waals surface area contributed by atoms with Gasteiger partial charge in [0.05, 0.1) is 12.3 Å². The summed E-state index contributed by atoms with van der Waals surface area (Å²) >= 11 is 0. The topological polar surface area (TPSA) is 55.3 Å². The highest BCUT2D eigenvalue weighted by Gasteiger charge is 2.45. The number of anilines is 1. The van der Waals surface area contributed by atoms with E-state index in [2.05, 4.69) is 14.9 Å². The highest BCUT2D eigenvalue weighted by atomic mass is 16.5. The Bertz CT molecular complexity index is 794. The SMILES string of the molecule is CCOC(=O)c1cnc(N2CC3CC3C2)nc1/C=C/c1ccccc1. The number of ether oxygens (including phenoxy) is 1. The van der Waals surface area contributed by atoms with Crippen molar-refractivity contribution in [2.24, 2.45) is 11.8 Å². The first-order chi connectivity index (χ1) is 12.2. The molecule has 2 unspecified atom stereocenters. The number of hydrogen-bond donors (Lipinski definition) is 0. The summed E-state index contributed by atoms with van der Waals surface area (Å²) in [6.45, 7) is 4.16. The Hall–Kier alpha value is -2.69. The number of piperidine rings is 1. The van der Waals surface area contributed by atoms with Crippen molar-refractivity contribution in [2.75, 3.05) is 24.6 Å². The van der Waals surface area contributed by atoms with Gasteiger partial charge in [0.1, 0.15) is 5.56 Å². The minimum absolute atomic E-state index is 0.331.